The summed E-state index contributed by atoms with van der Waals surface area (Å²) in [6.07, 6.45) is 1.09. The molecule has 0 bridgehead atoms. The third-order valence-electron chi connectivity index (χ3n) is 2.29. The van der Waals surface area contributed by atoms with E-state index in [2.05, 4.69) is 6.58 Å². The SMILES string of the molecule is C=CC(=O)Oc1ccc(OCC)c(OCC)c1OCC. The Morgan fingerprint density at radius 3 is 2.00 bits per heavy atom. The van der Waals surface area contributed by atoms with Crippen LogP contribution in [0.15, 0.2) is 24.8 Å². The minimum Gasteiger partial charge on any atom is -0.490 e. The molecule has 0 aliphatic rings. The molecule has 0 amide bonds. The van der Waals surface area contributed by atoms with Crippen LogP contribution in [0.25, 0.3) is 0 Å². The highest BCUT2D eigenvalue weighted by Gasteiger charge is 2.19. The molecule has 0 saturated carbocycles. The lowest BCUT2D eigenvalue weighted by atomic mass is 10.2. The van der Waals surface area contributed by atoms with Gasteiger partial charge in [-0.15, -0.1) is 0 Å². The van der Waals surface area contributed by atoms with Crippen molar-refractivity contribution in [2.75, 3.05) is 19.8 Å². The first-order chi connectivity index (χ1) is 9.67. The Morgan fingerprint density at radius 1 is 1.00 bits per heavy atom. The van der Waals surface area contributed by atoms with Crippen LogP contribution in [0, 0.1) is 0 Å². The van der Waals surface area contributed by atoms with Crippen molar-refractivity contribution < 1.29 is 23.7 Å². The summed E-state index contributed by atoms with van der Waals surface area (Å²) in [4.78, 5) is 11.3. The Hall–Kier alpha value is -2.17. The third-order valence-corrected chi connectivity index (χ3v) is 2.29. The van der Waals surface area contributed by atoms with E-state index in [1.165, 1.54) is 0 Å². The topological polar surface area (TPSA) is 54.0 Å². The molecular formula is C15H20O5. The van der Waals surface area contributed by atoms with Gasteiger partial charge in [0.05, 0.1) is 19.8 Å². The fourth-order valence-corrected chi connectivity index (χ4v) is 1.59. The molecule has 0 heterocycles. The van der Waals surface area contributed by atoms with Gasteiger partial charge in [0, 0.05) is 6.08 Å². The first kappa shape index (κ1) is 15.9. The first-order valence-electron chi connectivity index (χ1n) is 6.57. The average molecular weight is 280 g/mol. The van der Waals surface area contributed by atoms with Crippen molar-refractivity contribution in [3.05, 3.63) is 24.8 Å². The Kier molecular flexibility index (Phi) is 6.43. The van der Waals surface area contributed by atoms with E-state index < -0.39 is 5.97 Å². The molecule has 5 heteroatoms. The van der Waals surface area contributed by atoms with E-state index in [1.807, 2.05) is 20.8 Å². The van der Waals surface area contributed by atoms with Crippen LogP contribution < -0.4 is 18.9 Å². The van der Waals surface area contributed by atoms with Crippen LogP contribution in [0.1, 0.15) is 20.8 Å². The summed E-state index contributed by atoms with van der Waals surface area (Å²) >= 11 is 0. The number of ether oxygens (including phenoxy) is 4. The van der Waals surface area contributed by atoms with Gasteiger partial charge in [-0.25, -0.2) is 4.79 Å². The van der Waals surface area contributed by atoms with Gasteiger partial charge in [0.2, 0.25) is 11.5 Å². The molecule has 1 aromatic rings. The number of carbonyl (C=O) groups is 1. The summed E-state index contributed by atoms with van der Waals surface area (Å²) in [7, 11) is 0. The molecule has 0 spiro atoms. The molecule has 0 N–H and O–H groups in total. The molecule has 1 rings (SSSR count). The molecule has 0 unspecified atom stereocenters. The maximum absolute atomic E-state index is 11.3. The maximum Gasteiger partial charge on any atom is 0.335 e. The number of esters is 1. The van der Waals surface area contributed by atoms with E-state index in [1.54, 1.807) is 12.1 Å². The van der Waals surface area contributed by atoms with Gasteiger partial charge >= 0.3 is 5.97 Å². The molecule has 110 valence electrons. The lowest BCUT2D eigenvalue weighted by Gasteiger charge is -2.17. The van der Waals surface area contributed by atoms with Gasteiger partial charge in [0.15, 0.2) is 11.5 Å². The lowest BCUT2D eigenvalue weighted by Crippen LogP contribution is -2.08. The summed E-state index contributed by atoms with van der Waals surface area (Å²) < 4.78 is 21.7. The van der Waals surface area contributed by atoms with E-state index in [-0.39, 0.29) is 5.75 Å². The van der Waals surface area contributed by atoms with Crippen molar-refractivity contribution in [3.63, 3.8) is 0 Å². The van der Waals surface area contributed by atoms with Crippen molar-refractivity contribution in [1.29, 1.82) is 0 Å². The summed E-state index contributed by atoms with van der Waals surface area (Å²) in [5.74, 6) is 1.07. The summed E-state index contributed by atoms with van der Waals surface area (Å²) in [6, 6.07) is 3.29. The van der Waals surface area contributed by atoms with Gasteiger partial charge in [-0.2, -0.15) is 0 Å². The third kappa shape index (κ3) is 3.91. The van der Waals surface area contributed by atoms with Crippen LogP contribution >= 0.6 is 0 Å². The number of hydrogen-bond acceptors (Lipinski definition) is 5. The van der Waals surface area contributed by atoms with Crippen LogP contribution in [0.5, 0.6) is 23.0 Å². The van der Waals surface area contributed by atoms with E-state index in [4.69, 9.17) is 18.9 Å². The molecule has 0 aliphatic carbocycles. The summed E-state index contributed by atoms with van der Waals surface area (Å²) in [6.45, 7) is 10.3. The normalized spacial score (nSPS) is 9.75. The predicted molar refractivity (Wildman–Crippen MR) is 75.8 cm³/mol. The zero-order valence-corrected chi connectivity index (χ0v) is 12.1. The van der Waals surface area contributed by atoms with E-state index in [9.17, 15) is 4.79 Å². The standard InChI is InChI=1S/C15H20O5/c1-5-13(16)20-12-10-9-11(17-6-2)14(18-7-3)15(12)19-8-4/h5,9-10H,1,6-8H2,2-4H3. The average Bonchev–Trinajstić information content (AvgIpc) is 2.45. The summed E-state index contributed by atoms with van der Waals surface area (Å²) in [5.41, 5.74) is 0. The van der Waals surface area contributed by atoms with E-state index in [0.717, 1.165) is 6.08 Å². The second-order valence-electron chi connectivity index (χ2n) is 3.64. The number of hydrogen-bond donors (Lipinski definition) is 0. The van der Waals surface area contributed by atoms with E-state index in [0.29, 0.717) is 37.1 Å². The van der Waals surface area contributed by atoms with Crippen molar-refractivity contribution in [2.24, 2.45) is 0 Å². The smallest absolute Gasteiger partial charge is 0.335 e. The minimum absolute atomic E-state index is 0.281. The Morgan fingerprint density at radius 2 is 1.50 bits per heavy atom. The lowest BCUT2D eigenvalue weighted by molar-refractivity contribution is -0.129. The maximum atomic E-state index is 11.3. The number of carbonyl (C=O) groups excluding carboxylic acids is 1. The number of rotatable bonds is 8. The van der Waals surface area contributed by atoms with Crippen LogP contribution in [-0.2, 0) is 4.79 Å². The highest BCUT2D eigenvalue weighted by Crippen LogP contribution is 2.44. The Bertz CT molecular complexity index is 468. The van der Waals surface area contributed by atoms with Gasteiger partial charge in [0.25, 0.3) is 0 Å². The van der Waals surface area contributed by atoms with Crippen LogP contribution in [0.4, 0.5) is 0 Å². The van der Waals surface area contributed by atoms with Crippen LogP contribution in [0.2, 0.25) is 0 Å². The van der Waals surface area contributed by atoms with Gasteiger partial charge in [-0.1, -0.05) is 6.58 Å². The quantitative estimate of drug-likeness (QED) is 0.416. The highest BCUT2D eigenvalue weighted by molar-refractivity contribution is 5.84. The van der Waals surface area contributed by atoms with Crippen molar-refractivity contribution in [3.8, 4) is 23.0 Å². The van der Waals surface area contributed by atoms with Gasteiger partial charge < -0.3 is 18.9 Å². The van der Waals surface area contributed by atoms with Gasteiger partial charge in [-0.3, -0.25) is 0 Å². The minimum atomic E-state index is -0.558. The monoisotopic (exact) mass is 280 g/mol. The molecule has 0 saturated heterocycles. The Balaban J connectivity index is 3.26. The Labute approximate surface area is 119 Å². The zero-order valence-electron chi connectivity index (χ0n) is 12.1. The first-order valence-corrected chi connectivity index (χ1v) is 6.57. The molecule has 0 radical (unpaired) electrons. The second-order valence-corrected chi connectivity index (χ2v) is 3.64. The fourth-order valence-electron chi connectivity index (χ4n) is 1.59. The molecular weight excluding hydrogens is 260 g/mol. The number of benzene rings is 1. The molecule has 0 atom stereocenters. The second kappa shape index (κ2) is 8.09. The van der Waals surface area contributed by atoms with Gasteiger partial charge in [-0.05, 0) is 32.9 Å². The molecule has 5 nitrogen and oxygen atoms in total. The predicted octanol–water partition coefficient (Wildman–Crippen LogP) is 2.97. The largest absolute Gasteiger partial charge is 0.490 e. The molecule has 20 heavy (non-hydrogen) atoms. The van der Waals surface area contributed by atoms with Crippen molar-refractivity contribution >= 4 is 5.97 Å². The van der Waals surface area contributed by atoms with Crippen molar-refractivity contribution in [1.82, 2.24) is 0 Å². The van der Waals surface area contributed by atoms with E-state index >= 15 is 0 Å². The highest BCUT2D eigenvalue weighted by atomic mass is 16.6. The molecule has 0 aliphatic heterocycles. The zero-order chi connectivity index (χ0) is 15.0. The molecule has 1 aromatic carbocycles. The van der Waals surface area contributed by atoms with Gasteiger partial charge in [0.1, 0.15) is 0 Å². The van der Waals surface area contributed by atoms with Crippen LogP contribution in [0.3, 0.4) is 0 Å². The molecule has 0 fully saturated rings. The summed E-state index contributed by atoms with van der Waals surface area (Å²) in [5, 5.41) is 0. The van der Waals surface area contributed by atoms with Crippen LogP contribution in [-0.4, -0.2) is 25.8 Å². The van der Waals surface area contributed by atoms with Crippen molar-refractivity contribution in [2.45, 2.75) is 20.8 Å². The molecule has 0 aromatic heterocycles. The fraction of sp³-hybridized carbons (Fsp3) is 0.400.